The molecule has 0 bridgehead atoms. The highest BCUT2D eigenvalue weighted by Crippen LogP contribution is 2.44. The Balaban J connectivity index is 1.16. The van der Waals surface area contributed by atoms with E-state index in [1.807, 2.05) is 11.3 Å². The van der Waals surface area contributed by atoms with E-state index in [0.717, 1.165) is 0 Å². The summed E-state index contributed by atoms with van der Waals surface area (Å²) in [5, 5.41) is 7.68. The number of para-hydroxylation sites is 4. The molecular formula is C48H30N2S. The first-order chi connectivity index (χ1) is 25.3. The van der Waals surface area contributed by atoms with Crippen LogP contribution in [0.2, 0.25) is 0 Å². The van der Waals surface area contributed by atoms with Crippen molar-refractivity contribution >= 4 is 75.1 Å². The third-order valence-corrected chi connectivity index (χ3v) is 11.7. The zero-order chi connectivity index (χ0) is 33.5. The number of nitrogens with zero attached hydrogens (tertiary/aromatic N) is 2. The summed E-state index contributed by atoms with van der Waals surface area (Å²) < 4.78 is 7.52. The fraction of sp³-hybridized carbons (Fsp3) is 0. The molecule has 0 spiro atoms. The predicted octanol–water partition coefficient (Wildman–Crippen LogP) is 13.6. The molecule has 0 aliphatic heterocycles. The van der Waals surface area contributed by atoms with Crippen LogP contribution in [-0.2, 0) is 0 Å². The fourth-order valence-electron chi connectivity index (χ4n) is 8.31. The monoisotopic (exact) mass is 666 g/mol. The Kier molecular flexibility index (Phi) is 6.16. The molecule has 0 aliphatic rings. The lowest BCUT2D eigenvalue weighted by atomic mass is 9.97. The molecule has 0 radical (unpaired) electrons. The summed E-state index contributed by atoms with van der Waals surface area (Å²) in [4.78, 5) is 0. The molecule has 11 rings (SSSR count). The second-order valence-corrected chi connectivity index (χ2v) is 14.4. The van der Waals surface area contributed by atoms with Gasteiger partial charge in [0.15, 0.2) is 0 Å². The Morgan fingerprint density at radius 2 is 0.863 bits per heavy atom. The minimum Gasteiger partial charge on any atom is -0.309 e. The Bertz CT molecular complexity index is 3140. The van der Waals surface area contributed by atoms with E-state index in [9.17, 15) is 0 Å². The average Bonchev–Trinajstić information content (AvgIpc) is 3.85. The maximum Gasteiger partial charge on any atom is 0.0547 e. The van der Waals surface area contributed by atoms with Gasteiger partial charge in [0.2, 0.25) is 0 Å². The zero-order valence-electron chi connectivity index (χ0n) is 27.6. The molecule has 0 saturated carbocycles. The van der Waals surface area contributed by atoms with Gasteiger partial charge in [-0.2, -0.15) is 0 Å². The van der Waals surface area contributed by atoms with Crippen LogP contribution in [-0.4, -0.2) is 9.13 Å². The number of hydrogen-bond acceptors (Lipinski definition) is 1. The number of aromatic nitrogens is 2. The van der Waals surface area contributed by atoms with E-state index < -0.39 is 0 Å². The van der Waals surface area contributed by atoms with Gasteiger partial charge in [-0.25, -0.2) is 0 Å². The lowest BCUT2D eigenvalue weighted by Gasteiger charge is -2.15. The molecule has 0 amide bonds. The lowest BCUT2D eigenvalue weighted by Crippen LogP contribution is -1.97. The molecule has 0 N–H and O–H groups in total. The summed E-state index contributed by atoms with van der Waals surface area (Å²) in [6.45, 7) is 0. The van der Waals surface area contributed by atoms with Crippen LogP contribution in [0.4, 0.5) is 0 Å². The Morgan fingerprint density at radius 3 is 1.61 bits per heavy atom. The van der Waals surface area contributed by atoms with Crippen LogP contribution in [0, 0.1) is 0 Å². The molecule has 3 heteroatoms. The van der Waals surface area contributed by atoms with Crippen LogP contribution in [0.25, 0.3) is 97.4 Å². The van der Waals surface area contributed by atoms with E-state index in [1.54, 1.807) is 0 Å². The van der Waals surface area contributed by atoms with Crippen LogP contribution in [0.15, 0.2) is 182 Å². The van der Waals surface area contributed by atoms with Crippen molar-refractivity contribution in [1.82, 2.24) is 9.13 Å². The molecule has 0 atom stereocenters. The molecule has 0 fully saturated rings. The van der Waals surface area contributed by atoms with Crippen molar-refractivity contribution < 1.29 is 0 Å². The molecule has 3 heterocycles. The normalized spacial score (nSPS) is 11.9. The van der Waals surface area contributed by atoms with Crippen molar-refractivity contribution in [1.29, 1.82) is 0 Å². The van der Waals surface area contributed by atoms with Gasteiger partial charge in [-0.05, 0) is 71.3 Å². The first-order valence-electron chi connectivity index (χ1n) is 17.4. The zero-order valence-corrected chi connectivity index (χ0v) is 28.4. The van der Waals surface area contributed by atoms with Crippen molar-refractivity contribution in [3.05, 3.63) is 182 Å². The van der Waals surface area contributed by atoms with Crippen molar-refractivity contribution in [2.75, 3.05) is 0 Å². The van der Waals surface area contributed by atoms with Gasteiger partial charge < -0.3 is 9.13 Å². The van der Waals surface area contributed by atoms with E-state index >= 15 is 0 Å². The highest BCUT2D eigenvalue weighted by Gasteiger charge is 2.19. The summed E-state index contributed by atoms with van der Waals surface area (Å²) in [5.74, 6) is 0. The molecule has 238 valence electrons. The largest absolute Gasteiger partial charge is 0.309 e. The summed E-state index contributed by atoms with van der Waals surface area (Å²) in [6, 6.07) is 66.7. The van der Waals surface area contributed by atoms with E-state index in [2.05, 4.69) is 191 Å². The van der Waals surface area contributed by atoms with Crippen LogP contribution in [0.1, 0.15) is 0 Å². The number of rotatable bonds is 4. The number of fused-ring (bicyclic) bond motifs is 9. The standard InChI is InChI=1S/C48H30N2S/c1-2-13-33(14-3-1)49-41-20-8-4-15-34(41)37-27-25-31(29-44(37)49)32-26-28-38-35-16-5-9-21-42(35)50(45(38)30-32)43-22-10-6-17-36(43)39-19-12-24-47-48(39)40-18-7-11-23-46(40)51-47/h1-30H. The van der Waals surface area contributed by atoms with Gasteiger partial charge in [-0.15, -0.1) is 11.3 Å². The Morgan fingerprint density at radius 1 is 0.333 bits per heavy atom. The molecule has 8 aromatic carbocycles. The summed E-state index contributed by atoms with van der Waals surface area (Å²) in [6.07, 6.45) is 0. The van der Waals surface area contributed by atoms with Gasteiger partial charge in [-0.3, -0.25) is 0 Å². The van der Waals surface area contributed by atoms with Gasteiger partial charge in [0, 0.05) is 53.0 Å². The van der Waals surface area contributed by atoms with Gasteiger partial charge in [-0.1, -0.05) is 127 Å². The molecule has 11 aromatic rings. The van der Waals surface area contributed by atoms with Gasteiger partial charge in [0.1, 0.15) is 0 Å². The van der Waals surface area contributed by atoms with Crippen molar-refractivity contribution in [3.8, 4) is 33.6 Å². The van der Waals surface area contributed by atoms with E-state index in [4.69, 9.17) is 0 Å². The Hall–Kier alpha value is -6.42. The maximum absolute atomic E-state index is 2.48. The van der Waals surface area contributed by atoms with Crippen LogP contribution >= 0.6 is 11.3 Å². The smallest absolute Gasteiger partial charge is 0.0547 e. The predicted molar refractivity (Wildman–Crippen MR) is 219 cm³/mol. The van der Waals surface area contributed by atoms with Crippen LogP contribution in [0.3, 0.4) is 0 Å². The lowest BCUT2D eigenvalue weighted by molar-refractivity contribution is 1.18. The third kappa shape index (κ3) is 4.22. The second kappa shape index (κ2) is 11.0. The minimum absolute atomic E-state index is 1.17. The van der Waals surface area contributed by atoms with Crippen molar-refractivity contribution in [2.24, 2.45) is 0 Å². The van der Waals surface area contributed by atoms with Crippen molar-refractivity contribution in [3.63, 3.8) is 0 Å². The molecule has 0 unspecified atom stereocenters. The topological polar surface area (TPSA) is 9.86 Å². The maximum atomic E-state index is 2.48. The van der Waals surface area contributed by atoms with E-state index in [-0.39, 0.29) is 0 Å². The highest BCUT2D eigenvalue weighted by atomic mass is 32.1. The molecular weight excluding hydrogens is 637 g/mol. The Labute approximate surface area is 298 Å². The summed E-state index contributed by atoms with van der Waals surface area (Å²) in [5.41, 5.74) is 12.1. The molecule has 51 heavy (non-hydrogen) atoms. The number of hydrogen-bond donors (Lipinski definition) is 0. The molecule has 3 aromatic heterocycles. The number of benzene rings is 8. The number of thiophene rings is 1. The molecule has 2 nitrogen and oxygen atoms in total. The average molecular weight is 667 g/mol. The summed E-state index contributed by atoms with van der Waals surface area (Å²) >= 11 is 1.87. The quantitative estimate of drug-likeness (QED) is 0.177. The molecule has 0 saturated heterocycles. The van der Waals surface area contributed by atoms with E-state index in [1.165, 1.54) is 97.4 Å². The minimum atomic E-state index is 1.17. The SMILES string of the molecule is c1ccc(-n2c3ccccc3c3ccc(-c4ccc5c6ccccc6n(-c6ccccc6-c6cccc7sc8ccccc8c67)c5c4)cc32)cc1. The first-order valence-corrected chi connectivity index (χ1v) is 18.3. The third-order valence-electron chi connectivity index (χ3n) is 10.5. The second-order valence-electron chi connectivity index (χ2n) is 13.3. The van der Waals surface area contributed by atoms with Gasteiger partial charge >= 0.3 is 0 Å². The van der Waals surface area contributed by atoms with Crippen molar-refractivity contribution in [2.45, 2.75) is 0 Å². The first kappa shape index (κ1) is 28.4. The fourth-order valence-corrected chi connectivity index (χ4v) is 9.44. The van der Waals surface area contributed by atoms with Crippen LogP contribution < -0.4 is 0 Å². The van der Waals surface area contributed by atoms with Crippen LogP contribution in [0.5, 0.6) is 0 Å². The van der Waals surface area contributed by atoms with E-state index in [0.29, 0.717) is 0 Å². The summed E-state index contributed by atoms with van der Waals surface area (Å²) in [7, 11) is 0. The van der Waals surface area contributed by atoms with Gasteiger partial charge in [0.25, 0.3) is 0 Å². The molecule has 0 aliphatic carbocycles. The van der Waals surface area contributed by atoms with Gasteiger partial charge in [0.05, 0.1) is 27.8 Å². The highest BCUT2D eigenvalue weighted by molar-refractivity contribution is 7.25.